The van der Waals surface area contributed by atoms with E-state index >= 15 is 0 Å². The van der Waals surface area contributed by atoms with E-state index in [0.717, 1.165) is 0 Å². The van der Waals surface area contributed by atoms with Crippen LogP contribution in [0.3, 0.4) is 0 Å². The molecule has 0 spiro atoms. The highest BCUT2D eigenvalue weighted by molar-refractivity contribution is 6.31. The molecule has 0 radical (unpaired) electrons. The van der Waals surface area contributed by atoms with Crippen LogP contribution in [0.25, 0.3) is 4.85 Å². The Hall–Kier alpha value is -2.19. The molecule has 1 aromatic rings. The lowest BCUT2D eigenvalue weighted by molar-refractivity contribution is -0.140. The van der Waals surface area contributed by atoms with Crippen molar-refractivity contribution in [1.82, 2.24) is 0 Å². The third-order valence-corrected chi connectivity index (χ3v) is 4.86. The minimum absolute atomic E-state index is 0.0315. The van der Waals surface area contributed by atoms with Gasteiger partial charge in [0.2, 0.25) is 0 Å². The number of halogens is 2. The molecular weight excluding hydrogens is 367 g/mol. The molecule has 0 saturated carbocycles. The molecule has 2 unspecified atom stereocenters. The third-order valence-electron chi connectivity index (χ3n) is 4.53. The maximum Gasteiger partial charge on any atom is 0.336 e. The minimum Gasteiger partial charge on any atom is -0.462 e. The van der Waals surface area contributed by atoms with Crippen molar-refractivity contribution < 1.29 is 13.9 Å². The summed E-state index contributed by atoms with van der Waals surface area (Å²) in [7, 11) is 0. The van der Waals surface area contributed by atoms with Gasteiger partial charge in [0.25, 0.3) is 6.04 Å². The lowest BCUT2D eigenvalue weighted by Gasteiger charge is -2.27. The summed E-state index contributed by atoms with van der Waals surface area (Å²) in [6, 6.07) is 3.30. The molecule has 2 atom stereocenters. The van der Waals surface area contributed by atoms with Gasteiger partial charge in [-0.05, 0) is 43.4 Å². The average molecular weight is 391 g/mol. The normalized spacial score (nSPS) is 20.1. The zero-order valence-corrected chi connectivity index (χ0v) is 17.0. The van der Waals surface area contributed by atoms with E-state index < -0.39 is 23.7 Å². The number of aliphatic imine (C=N–C) groups is 1. The van der Waals surface area contributed by atoms with Crippen LogP contribution in [0.4, 0.5) is 4.39 Å². The molecule has 0 aromatic heterocycles. The zero-order valence-electron chi connectivity index (χ0n) is 16.3. The van der Waals surface area contributed by atoms with Gasteiger partial charge in [0, 0.05) is 10.7 Å². The van der Waals surface area contributed by atoms with Gasteiger partial charge in [0.05, 0.1) is 17.9 Å². The molecule has 0 bridgehead atoms. The van der Waals surface area contributed by atoms with Crippen LogP contribution in [0.1, 0.15) is 52.5 Å². The monoisotopic (exact) mass is 390 g/mol. The third kappa shape index (κ3) is 4.95. The molecule has 1 aliphatic rings. The quantitative estimate of drug-likeness (QED) is 0.497. The van der Waals surface area contributed by atoms with E-state index in [2.05, 4.69) is 30.6 Å². The molecule has 27 heavy (non-hydrogen) atoms. The van der Waals surface area contributed by atoms with Gasteiger partial charge >= 0.3 is 5.97 Å². The van der Waals surface area contributed by atoms with Crippen molar-refractivity contribution in [3.05, 3.63) is 57.3 Å². The zero-order chi connectivity index (χ0) is 20.4. The van der Waals surface area contributed by atoms with Gasteiger partial charge in [-0.3, -0.25) is 4.99 Å². The van der Waals surface area contributed by atoms with Crippen molar-refractivity contribution >= 4 is 23.3 Å². The molecule has 0 fully saturated rings. The number of carbonyl (C=O) groups excluding carboxylic acids is 1. The second-order valence-electron chi connectivity index (χ2n) is 7.92. The van der Waals surface area contributed by atoms with Crippen LogP contribution in [0.2, 0.25) is 5.02 Å². The Balaban J connectivity index is 2.45. The molecule has 4 nitrogen and oxygen atoms in total. The van der Waals surface area contributed by atoms with Crippen molar-refractivity contribution in [2.45, 2.75) is 53.0 Å². The molecule has 0 N–H and O–H groups in total. The molecule has 2 rings (SSSR count). The van der Waals surface area contributed by atoms with Crippen LogP contribution in [-0.4, -0.2) is 24.3 Å². The van der Waals surface area contributed by atoms with Gasteiger partial charge in [-0.1, -0.05) is 38.4 Å². The van der Waals surface area contributed by atoms with Gasteiger partial charge in [-0.25, -0.2) is 15.8 Å². The summed E-state index contributed by atoms with van der Waals surface area (Å²) in [4.78, 5) is 20.9. The van der Waals surface area contributed by atoms with Gasteiger partial charge < -0.3 is 9.58 Å². The largest absolute Gasteiger partial charge is 0.462 e. The number of benzene rings is 1. The minimum atomic E-state index is -0.693. The summed E-state index contributed by atoms with van der Waals surface area (Å²) in [6.45, 7) is 17.5. The first-order valence-corrected chi connectivity index (χ1v) is 9.17. The van der Waals surface area contributed by atoms with E-state index in [-0.39, 0.29) is 17.0 Å². The summed E-state index contributed by atoms with van der Waals surface area (Å²) >= 11 is 6.26. The molecule has 1 heterocycles. The van der Waals surface area contributed by atoms with Crippen LogP contribution in [0.15, 0.2) is 34.5 Å². The lowest BCUT2D eigenvalue weighted by Crippen LogP contribution is -2.32. The molecule has 0 saturated heterocycles. The fourth-order valence-electron chi connectivity index (χ4n) is 3.06. The maximum absolute atomic E-state index is 13.5. The molecule has 1 aromatic carbocycles. The number of hydrogen-bond acceptors (Lipinski definition) is 3. The van der Waals surface area contributed by atoms with Crippen molar-refractivity contribution in [2.75, 3.05) is 6.61 Å². The summed E-state index contributed by atoms with van der Waals surface area (Å²) < 4.78 is 19.0. The fourth-order valence-corrected chi connectivity index (χ4v) is 3.35. The predicted molar refractivity (Wildman–Crippen MR) is 105 cm³/mol. The van der Waals surface area contributed by atoms with E-state index in [4.69, 9.17) is 22.9 Å². The van der Waals surface area contributed by atoms with Crippen LogP contribution >= 0.6 is 11.6 Å². The van der Waals surface area contributed by atoms with Crippen LogP contribution in [-0.2, 0) is 9.53 Å². The fraction of sp³-hybridized carbons (Fsp3) is 0.476. The van der Waals surface area contributed by atoms with Crippen molar-refractivity contribution in [3.63, 3.8) is 0 Å². The van der Waals surface area contributed by atoms with Gasteiger partial charge in [-0.15, -0.1) is 0 Å². The molecular formula is C21H24ClFN2O2. The number of hydrogen-bond donors (Lipinski definition) is 0. The highest BCUT2D eigenvalue weighted by atomic mass is 35.5. The smallest absolute Gasteiger partial charge is 0.336 e. The molecule has 0 amide bonds. The summed E-state index contributed by atoms with van der Waals surface area (Å²) in [5.41, 5.74) is 1.96. The van der Waals surface area contributed by atoms with E-state index in [9.17, 15) is 9.18 Å². The Morgan fingerprint density at radius 3 is 2.59 bits per heavy atom. The standard InChI is InChI=1S/C21H24ClFN2O2/c1-12-17(20(26)27-10-9-21(3,4)5)18(19(24-6)13(2)25-12)15-8-7-14(23)11-16(15)22/h7-8,11,18-19H,9-10H2,1-5H3. The average Bonchev–Trinajstić information content (AvgIpc) is 2.53. The first-order chi connectivity index (χ1) is 12.5. The number of esters is 1. The van der Waals surface area contributed by atoms with Crippen LogP contribution in [0, 0.1) is 17.8 Å². The number of ether oxygens (including phenoxy) is 1. The Kier molecular flexibility index (Phi) is 6.43. The molecule has 1 aliphatic heterocycles. The summed E-state index contributed by atoms with van der Waals surface area (Å²) in [5, 5.41) is 0.177. The van der Waals surface area contributed by atoms with Gasteiger partial charge in [0.1, 0.15) is 11.7 Å². The van der Waals surface area contributed by atoms with Crippen LogP contribution in [0.5, 0.6) is 0 Å². The second kappa shape index (κ2) is 8.22. The number of allylic oxidation sites excluding steroid dienone is 1. The Morgan fingerprint density at radius 1 is 1.37 bits per heavy atom. The number of nitrogens with zero attached hydrogens (tertiary/aromatic N) is 2. The molecule has 6 heteroatoms. The Labute approximate surface area is 164 Å². The second-order valence-corrected chi connectivity index (χ2v) is 8.32. The number of carbonyl (C=O) groups is 1. The first kappa shape index (κ1) is 21.1. The highest BCUT2D eigenvalue weighted by Gasteiger charge is 2.42. The summed E-state index contributed by atoms with van der Waals surface area (Å²) in [5.74, 6) is -1.62. The van der Waals surface area contributed by atoms with Crippen molar-refractivity contribution in [3.8, 4) is 0 Å². The van der Waals surface area contributed by atoms with E-state index in [0.29, 0.717) is 29.0 Å². The van der Waals surface area contributed by atoms with E-state index in [1.165, 1.54) is 18.2 Å². The van der Waals surface area contributed by atoms with E-state index in [1.807, 2.05) is 0 Å². The van der Waals surface area contributed by atoms with Crippen molar-refractivity contribution in [2.24, 2.45) is 10.4 Å². The SMILES string of the molecule is [C-]#[N+]C1C(C)=NC(C)=C(C(=O)OCCC(C)(C)C)C1c1ccc(F)cc1Cl. The van der Waals surface area contributed by atoms with Gasteiger partial charge in [-0.2, -0.15) is 0 Å². The van der Waals surface area contributed by atoms with Crippen LogP contribution < -0.4 is 0 Å². The maximum atomic E-state index is 13.5. The number of rotatable bonds is 4. The highest BCUT2D eigenvalue weighted by Crippen LogP contribution is 2.40. The Morgan fingerprint density at radius 2 is 2.04 bits per heavy atom. The predicted octanol–water partition coefficient (Wildman–Crippen LogP) is 5.58. The van der Waals surface area contributed by atoms with Crippen molar-refractivity contribution in [1.29, 1.82) is 0 Å². The van der Waals surface area contributed by atoms with E-state index in [1.54, 1.807) is 13.8 Å². The topological polar surface area (TPSA) is 43.0 Å². The first-order valence-electron chi connectivity index (χ1n) is 8.79. The lowest BCUT2D eigenvalue weighted by atomic mass is 9.80. The van der Waals surface area contributed by atoms with Gasteiger partial charge in [0.15, 0.2) is 0 Å². The Bertz CT molecular complexity index is 847. The molecule has 0 aliphatic carbocycles. The summed E-state index contributed by atoms with van der Waals surface area (Å²) in [6.07, 6.45) is 0.710. The molecule has 144 valence electrons.